The van der Waals surface area contributed by atoms with Gasteiger partial charge in [-0.2, -0.15) is 0 Å². The van der Waals surface area contributed by atoms with Crippen LogP contribution in [0.15, 0.2) is 59.0 Å². The lowest BCUT2D eigenvalue weighted by molar-refractivity contribution is 0.0990. The second-order valence-corrected chi connectivity index (χ2v) is 5.40. The number of ether oxygens (including phenoxy) is 1. The molecule has 0 unspecified atom stereocenters. The second kappa shape index (κ2) is 6.95. The minimum atomic E-state index is -0.482. The first-order valence-electron chi connectivity index (χ1n) is 7.59. The van der Waals surface area contributed by atoms with Crippen LogP contribution in [0.5, 0.6) is 5.75 Å². The van der Waals surface area contributed by atoms with Gasteiger partial charge in [-0.25, -0.2) is 0 Å². The third kappa shape index (κ3) is 3.60. The summed E-state index contributed by atoms with van der Waals surface area (Å²) in [4.78, 5) is 12.3. The summed E-state index contributed by atoms with van der Waals surface area (Å²) in [6.07, 6.45) is -0.00357. The number of nitrogens with one attached hydrogen (secondary N) is 1. The monoisotopic (exact) mass is 323 g/mol. The zero-order chi connectivity index (χ0) is 16.9. The molecule has 0 radical (unpaired) electrons. The number of aromatic nitrogens is 2. The molecule has 0 aliphatic carbocycles. The fraction of sp³-hybridized carbons (Fsp3) is 0.167. The Balaban J connectivity index is 1.78. The van der Waals surface area contributed by atoms with E-state index < -0.39 is 5.91 Å². The molecule has 0 aliphatic heterocycles. The van der Waals surface area contributed by atoms with Crippen LogP contribution in [-0.2, 0) is 0 Å². The van der Waals surface area contributed by atoms with Crippen molar-refractivity contribution in [1.29, 1.82) is 0 Å². The van der Waals surface area contributed by atoms with E-state index in [0.29, 0.717) is 17.3 Å². The van der Waals surface area contributed by atoms with Crippen molar-refractivity contribution in [3.05, 3.63) is 60.5 Å². The summed E-state index contributed by atoms with van der Waals surface area (Å²) in [5.41, 5.74) is 1.31. The van der Waals surface area contributed by atoms with Gasteiger partial charge in [0, 0.05) is 5.56 Å². The maximum absolute atomic E-state index is 12.3. The van der Waals surface area contributed by atoms with Crippen LogP contribution < -0.4 is 10.1 Å². The molecule has 0 saturated carbocycles. The molecule has 3 aromatic rings. The molecule has 6 nitrogen and oxygen atoms in total. The Hall–Kier alpha value is -3.15. The minimum absolute atomic E-state index is 0.00357. The Morgan fingerprint density at radius 2 is 1.75 bits per heavy atom. The lowest BCUT2D eigenvalue weighted by Gasteiger charge is -2.13. The smallest absolute Gasteiger partial charge is 0.313 e. The SMILES string of the molecule is CC(C)Oc1ccccc1NC(=O)c1nnc(-c2ccccc2)o1. The lowest BCUT2D eigenvalue weighted by Crippen LogP contribution is -2.14. The van der Waals surface area contributed by atoms with E-state index in [1.807, 2.05) is 56.3 Å². The molecule has 0 saturated heterocycles. The summed E-state index contributed by atoms with van der Waals surface area (Å²) < 4.78 is 11.1. The summed E-state index contributed by atoms with van der Waals surface area (Å²) in [6, 6.07) is 16.5. The highest BCUT2D eigenvalue weighted by atomic mass is 16.5. The molecule has 2 aromatic carbocycles. The van der Waals surface area contributed by atoms with Gasteiger partial charge >= 0.3 is 11.8 Å². The van der Waals surface area contributed by atoms with E-state index in [4.69, 9.17) is 9.15 Å². The van der Waals surface area contributed by atoms with Crippen LogP contribution in [0.1, 0.15) is 24.5 Å². The fourth-order valence-electron chi connectivity index (χ4n) is 2.11. The first-order valence-corrected chi connectivity index (χ1v) is 7.59. The van der Waals surface area contributed by atoms with Crippen LogP contribution in [0, 0.1) is 0 Å². The number of hydrogen-bond acceptors (Lipinski definition) is 5. The maximum Gasteiger partial charge on any atom is 0.313 e. The van der Waals surface area contributed by atoms with Crippen LogP contribution in [0.25, 0.3) is 11.5 Å². The van der Waals surface area contributed by atoms with Gasteiger partial charge < -0.3 is 14.5 Å². The molecule has 0 bridgehead atoms. The summed E-state index contributed by atoms with van der Waals surface area (Å²) in [5, 5.41) is 10.5. The Morgan fingerprint density at radius 1 is 1.04 bits per heavy atom. The zero-order valence-electron chi connectivity index (χ0n) is 13.4. The van der Waals surface area contributed by atoms with Crippen molar-refractivity contribution in [2.24, 2.45) is 0 Å². The zero-order valence-corrected chi connectivity index (χ0v) is 13.4. The second-order valence-electron chi connectivity index (χ2n) is 5.40. The summed E-state index contributed by atoms with van der Waals surface area (Å²) in [5.74, 6) is 0.300. The molecule has 6 heteroatoms. The van der Waals surface area contributed by atoms with Gasteiger partial charge in [-0.1, -0.05) is 30.3 Å². The third-order valence-electron chi connectivity index (χ3n) is 3.14. The molecular formula is C18H17N3O3. The molecule has 1 N–H and O–H groups in total. The van der Waals surface area contributed by atoms with Crippen molar-refractivity contribution in [2.75, 3.05) is 5.32 Å². The van der Waals surface area contributed by atoms with E-state index in [-0.39, 0.29) is 12.0 Å². The van der Waals surface area contributed by atoms with Crippen molar-refractivity contribution in [1.82, 2.24) is 10.2 Å². The predicted molar refractivity (Wildman–Crippen MR) is 89.9 cm³/mol. The quantitative estimate of drug-likeness (QED) is 0.773. The summed E-state index contributed by atoms with van der Waals surface area (Å²) >= 11 is 0. The Labute approximate surface area is 139 Å². The van der Waals surface area contributed by atoms with E-state index in [1.54, 1.807) is 12.1 Å². The number of carbonyl (C=O) groups excluding carboxylic acids is 1. The third-order valence-corrected chi connectivity index (χ3v) is 3.14. The summed E-state index contributed by atoms with van der Waals surface area (Å²) in [6.45, 7) is 3.84. The Morgan fingerprint density at radius 3 is 2.50 bits per heavy atom. The van der Waals surface area contributed by atoms with Crippen molar-refractivity contribution in [3.63, 3.8) is 0 Å². The first kappa shape index (κ1) is 15.7. The Bertz CT molecular complexity index is 828. The predicted octanol–water partition coefficient (Wildman–Crippen LogP) is 3.78. The van der Waals surface area contributed by atoms with Crippen LogP contribution in [-0.4, -0.2) is 22.2 Å². The standard InChI is InChI=1S/C18H17N3O3/c1-12(2)23-15-11-7-6-10-14(15)19-16(22)18-21-20-17(24-18)13-8-4-3-5-9-13/h3-12H,1-2H3,(H,19,22). The normalized spacial score (nSPS) is 10.6. The number of carbonyl (C=O) groups is 1. The number of benzene rings is 2. The van der Waals surface area contributed by atoms with Crippen molar-refractivity contribution < 1.29 is 13.9 Å². The molecule has 24 heavy (non-hydrogen) atoms. The van der Waals surface area contributed by atoms with E-state index in [9.17, 15) is 4.79 Å². The number of para-hydroxylation sites is 2. The lowest BCUT2D eigenvalue weighted by atomic mass is 10.2. The van der Waals surface area contributed by atoms with Gasteiger partial charge in [0.25, 0.3) is 0 Å². The van der Waals surface area contributed by atoms with Crippen molar-refractivity contribution in [2.45, 2.75) is 20.0 Å². The number of nitrogens with zero attached hydrogens (tertiary/aromatic N) is 2. The van der Waals surface area contributed by atoms with Gasteiger partial charge in [-0.05, 0) is 38.1 Å². The fourth-order valence-corrected chi connectivity index (χ4v) is 2.11. The van der Waals surface area contributed by atoms with Gasteiger partial charge in [-0.15, -0.1) is 10.2 Å². The molecule has 1 aromatic heterocycles. The largest absolute Gasteiger partial charge is 0.489 e. The van der Waals surface area contributed by atoms with Crippen LogP contribution >= 0.6 is 0 Å². The molecule has 0 fully saturated rings. The molecule has 0 atom stereocenters. The first-order chi connectivity index (χ1) is 11.6. The topological polar surface area (TPSA) is 77.2 Å². The van der Waals surface area contributed by atoms with Crippen molar-refractivity contribution in [3.8, 4) is 17.2 Å². The molecule has 1 heterocycles. The highest BCUT2D eigenvalue weighted by molar-refractivity contribution is 6.01. The summed E-state index contributed by atoms with van der Waals surface area (Å²) in [7, 11) is 0. The molecule has 0 spiro atoms. The van der Waals surface area contributed by atoms with E-state index in [2.05, 4.69) is 15.5 Å². The number of hydrogen-bond donors (Lipinski definition) is 1. The molecule has 1 amide bonds. The van der Waals surface area contributed by atoms with Gasteiger partial charge in [0.05, 0.1) is 11.8 Å². The highest BCUT2D eigenvalue weighted by Gasteiger charge is 2.17. The van der Waals surface area contributed by atoms with Gasteiger partial charge in [0.1, 0.15) is 5.75 Å². The molecule has 122 valence electrons. The average Bonchev–Trinajstić information content (AvgIpc) is 3.07. The maximum atomic E-state index is 12.3. The van der Waals surface area contributed by atoms with E-state index >= 15 is 0 Å². The van der Waals surface area contributed by atoms with Crippen LogP contribution in [0.4, 0.5) is 5.69 Å². The minimum Gasteiger partial charge on any atom is -0.489 e. The number of rotatable bonds is 5. The molecule has 3 rings (SSSR count). The molecule has 0 aliphatic rings. The highest BCUT2D eigenvalue weighted by Crippen LogP contribution is 2.25. The van der Waals surface area contributed by atoms with Gasteiger partial charge in [0.15, 0.2) is 0 Å². The average molecular weight is 323 g/mol. The van der Waals surface area contributed by atoms with E-state index in [1.165, 1.54) is 0 Å². The number of amides is 1. The Kier molecular flexibility index (Phi) is 4.56. The van der Waals surface area contributed by atoms with Crippen molar-refractivity contribution >= 4 is 11.6 Å². The van der Waals surface area contributed by atoms with Gasteiger partial charge in [0.2, 0.25) is 5.89 Å². The number of anilines is 1. The van der Waals surface area contributed by atoms with Gasteiger partial charge in [-0.3, -0.25) is 4.79 Å². The molecular weight excluding hydrogens is 306 g/mol. The van der Waals surface area contributed by atoms with Crippen LogP contribution in [0.2, 0.25) is 0 Å². The van der Waals surface area contributed by atoms with Crippen LogP contribution in [0.3, 0.4) is 0 Å². The van der Waals surface area contributed by atoms with E-state index in [0.717, 1.165) is 5.56 Å².